The number of fused-ring (bicyclic) bond motifs is 25. The van der Waals surface area contributed by atoms with Crippen LogP contribution in [0.2, 0.25) is 0 Å². The van der Waals surface area contributed by atoms with Gasteiger partial charge in [-0.15, -0.1) is 0 Å². The average molecular weight is 857 g/mol. The third kappa shape index (κ3) is 5.93. The van der Waals surface area contributed by atoms with E-state index in [0.717, 1.165) is 94.3 Å². The maximum Gasteiger partial charge on any atom is 0.306 e. The summed E-state index contributed by atoms with van der Waals surface area (Å²) in [5.74, 6) is 4.05. The first kappa shape index (κ1) is 38.6. The molecule has 2 aliphatic heterocycles. The van der Waals surface area contributed by atoms with Crippen LogP contribution >= 0.6 is 0 Å². The van der Waals surface area contributed by atoms with Crippen molar-refractivity contribution in [1.82, 2.24) is 39.9 Å². The molecule has 3 fully saturated rings. The second-order valence-corrected chi connectivity index (χ2v) is 19.7. The van der Waals surface area contributed by atoms with Crippen LogP contribution < -0.4 is 0 Å². The topological polar surface area (TPSA) is 152 Å². The molecule has 4 aliphatic carbocycles. The van der Waals surface area contributed by atoms with E-state index in [0.29, 0.717) is 82.3 Å². The molecule has 0 radical (unpaired) electrons. The van der Waals surface area contributed by atoms with Crippen LogP contribution in [0.1, 0.15) is 77.2 Å². The van der Waals surface area contributed by atoms with Gasteiger partial charge in [0.05, 0.1) is 0 Å². The number of rotatable bonds is 4. The van der Waals surface area contributed by atoms with Crippen LogP contribution in [0, 0.1) is 28.6 Å². The number of benzene rings is 4. The Morgan fingerprint density at radius 2 is 1.18 bits per heavy atom. The van der Waals surface area contributed by atoms with Gasteiger partial charge in [0.1, 0.15) is 28.7 Å². The predicted molar refractivity (Wildman–Crippen MR) is 251 cm³/mol. The van der Waals surface area contributed by atoms with Crippen LogP contribution in [-0.2, 0) is 20.7 Å². The molecule has 0 saturated heterocycles. The van der Waals surface area contributed by atoms with Crippen molar-refractivity contribution >= 4 is 55.9 Å². The number of carbonyl (C=O) groups is 2. The number of nitrogens with one attached hydrogen (secondary N) is 2. The summed E-state index contributed by atoms with van der Waals surface area (Å²) in [5.41, 5.74) is 8.47. The van der Waals surface area contributed by atoms with E-state index in [4.69, 9.17) is 34.6 Å². The van der Waals surface area contributed by atoms with Gasteiger partial charge in [-0.2, -0.15) is 0 Å². The number of esters is 1. The fourth-order valence-corrected chi connectivity index (χ4v) is 13.1. The maximum atomic E-state index is 14.0. The van der Waals surface area contributed by atoms with Crippen LogP contribution in [0.5, 0.6) is 0 Å². The fourth-order valence-electron chi connectivity index (χ4n) is 13.1. The molecule has 3 saturated carbocycles. The molecular formula is C54H48N8O3. The van der Waals surface area contributed by atoms with E-state index < -0.39 is 0 Å². The normalized spacial score (nSPS) is 25.3. The van der Waals surface area contributed by atoms with Crippen molar-refractivity contribution in [2.45, 2.75) is 84.2 Å². The maximum absolute atomic E-state index is 14.0. The lowest BCUT2D eigenvalue weighted by Crippen LogP contribution is -2.51. The highest BCUT2D eigenvalue weighted by molar-refractivity contribution is 6.07. The fraction of sp³-hybridized carbons (Fsp3) is 0.333. The number of ketones is 1. The second-order valence-electron chi connectivity index (χ2n) is 19.7. The number of ether oxygens (including phenoxy) is 1. The van der Waals surface area contributed by atoms with Gasteiger partial charge < -0.3 is 14.7 Å². The quantitative estimate of drug-likeness (QED) is 0.165. The van der Waals surface area contributed by atoms with Gasteiger partial charge in [0.25, 0.3) is 0 Å². The Bertz CT molecular complexity index is 3400. The SMILES string of the molecule is C[C@]12CC[C@H]3[C@@H](CCC4=CC(=O)CC[C@@]43C)[C@@H]1CC[C@@H]2OC(=O)CCc1cccc2c3nc4nc(nc5[nH]c(nc6nc(nc([nH]3)c12)-c1ccccc1-6)c1ccccc51)-c1ccccc1-4. The van der Waals surface area contributed by atoms with Gasteiger partial charge in [0.15, 0.2) is 29.1 Å². The average Bonchev–Trinajstić information content (AvgIpc) is 4.12. The smallest absolute Gasteiger partial charge is 0.306 e. The number of carbonyl (C=O) groups excluding carboxylic acids is 2. The van der Waals surface area contributed by atoms with Crippen molar-refractivity contribution in [3.63, 3.8) is 0 Å². The molecule has 5 heterocycles. The summed E-state index contributed by atoms with van der Waals surface area (Å²) in [6, 6.07) is 30.3. The zero-order valence-corrected chi connectivity index (χ0v) is 36.5. The number of hydrogen-bond donors (Lipinski definition) is 2. The molecule has 0 spiro atoms. The molecule has 3 aromatic heterocycles. The third-order valence-corrected chi connectivity index (χ3v) is 16.4. The predicted octanol–water partition coefficient (Wildman–Crippen LogP) is 11.2. The molecule has 13 rings (SSSR count). The number of nitrogens with zero attached hydrogens (tertiary/aromatic N) is 6. The largest absolute Gasteiger partial charge is 0.462 e. The van der Waals surface area contributed by atoms with Gasteiger partial charge in [-0.3, -0.25) is 9.59 Å². The second kappa shape index (κ2) is 14.3. The summed E-state index contributed by atoms with van der Waals surface area (Å²) in [6.07, 6.45) is 10.6. The van der Waals surface area contributed by atoms with Crippen molar-refractivity contribution in [3.05, 3.63) is 108 Å². The molecule has 0 amide bonds. The molecule has 65 heavy (non-hydrogen) atoms. The van der Waals surface area contributed by atoms with Gasteiger partial charge in [-0.05, 0) is 86.2 Å². The lowest BCUT2D eigenvalue weighted by Gasteiger charge is -2.57. The van der Waals surface area contributed by atoms with E-state index in [9.17, 15) is 9.59 Å². The number of hydrogen-bond acceptors (Lipinski definition) is 9. The summed E-state index contributed by atoms with van der Waals surface area (Å²) >= 11 is 0. The van der Waals surface area contributed by atoms with Crippen LogP contribution in [0.3, 0.4) is 0 Å². The van der Waals surface area contributed by atoms with Crippen molar-refractivity contribution in [3.8, 4) is 45.6 Å². The Morgan fingerprint density at radius 1 is 0.615 bits per heavy atom. The Kier molecular flexibility index (Phi) is 8.49. The molecule has 11 heteroatoms. The van der Waals surface area contributed by atoms with Gasteiger partial charge in [-0.1, -0.05) is 110 Å². The minimum atomic E-state index is -0.161. The van der Waals surface area contributed by atoms with E-state index in [1.807, 2.05) is 91.0 Å². The zero-order valence-electron chi connectivity index (χ0n) is 36.5. The summed E-state index contributed by atoms with van der Waals surface area (Å²) in [7, 11) is 0. The minimum absolute atomic E-state index is 0.0374. The van der Waals surface area contributed by atoms with Gasteiger partial charge in [0, 0.05) is 62.1 Å². The van der Waals surface area contributed by atoms with Crippen molar-refractivity contribution < 1.29 is 14.3 Å². The molecule has 322 valence electrons. The Labute approximate surface area is 375 Å². The lowest BCUT2D eigenvalue weighted by molar-refractivity contribution is -0.159. The van der Waals surface area contributed by atoms with Gasteiger partial charge in [-0.25, -0.2) is 29.9 Å². The number of aromatic amines is 2. The Morgan fingerprint density at radius 3 is 1.83 bits per heavy atom. The van der Waals surface area contributed by atoms with Crippen LogP contribution in [0.15, 0.2) is 103 Å². The molecule has 6 aliphatic rings. The van der Waals surface area contributed by atoms with Crippen LogP contribution in [0.4, 0.5) is 0 Å². The molecule has 11 nitrogen and oxygen atoms in total. The number of aromatic nitrogens is 8. The molecule has 8 bridgehead atoms. The number of aryl methyl sites for hydroxylation is 1. The number of allylic oxidation sites excluding steroid dienone is 1. The van der Waals surface area contributed by atoms with Gasteiger partial charge in [0.2, 0.25) is 0 Å². The summed E-state index contributed by atoms with van der Waals surface area (Å²) < 4.78 is 6.54. The summed E-state index contributed by atoms with van der Waals surface area (Å²) in [4.78, 5) is 64.3. The lowest BCUT2D eigenvalue weighted by atomic mass is 9.47. The molecule has 2 N–H and O–H groups in total. The standard InChI is InChI=1S/C54H48N8O3/c1-53-26-24-31(63)28-30(53)19-20-38-40-21-22-42(54(40,2)27-25-41(38)53)65-43(64)23-18-29-10-9-17-39-44(29)52-61-50-37-16-8-7-15-36(37)48(59-50)57-46-33-12-4-3-11-32(33)45(55-46)56-47-34-13-5-6-14-35(34)49(58-47)60-51(39)62-52/h3-17,28,38,40-42H,18-27H2,1-2H3,(H2,55,56,57,58,59,60,61,62)/t38-,40-,41-,42-,53-,54-/m0/s1. The van der Waals surface area contributed by atoms with E-state index in [1.165, 1.54) is 5.57 Å². The zero-order chi connectivity index (χ0) is 43.6. The van der Waals surface area contributed by atoms with Crippen molar-refractivity contribution in [1.29, 1.82) is 0 Å². The third-order valence-electron chi connectivity index (χ3n) is 16.4. The van der Waals surface area contributed by atoms with Gasteiger partial charge >= 0.3 is 5.97 Å². The van der Waals surface area contributed by atoms with E-state index in [-0.39, 0.29) is 29.3 Å². The van der Waals surface area contributed by atoms with Crippen molar-refractivity contribution in [2.24, 2.45) is 28.6 Å². The first-order chi connectivity index (χ1) is 31.7. The highest BCUT2D eigenvalue weighted by Crippen LogP contribution is 2.65. The summed E-state index contributed by atoms with van der Waals surface area (Å²) in [5, 5.41) is 3.60. The molecule has 4 aromatic carbocycles. The van der Waals surface area contributed by atoms with E-state index >= 15 is 0 Å². The monoisotopic (exact) mass is 856 g/mol. The first-order valence-corrected chi connectivity index (χ1v) is 23.4. The Hall–Kier alpha value is -6.88. The highest BCUT2D eigenvalue weighted by atomic mass is 16.5. The Balaban J connectivity index is 0.884. The molecule has 7 aromatic rings. The van der Waals surface area contributed by atoms with E-state index in [2.05, 4.69) is 29.9 Å². The van der Waals surface area contributed by atoms with Crippen LogP contribution in [-0.4, -0.2) is 57.7 Å². The van der Waals surface area contributed by atoms with Crippen LogP contribution in [0.25, 0.3) is 89.7 Å². The first-order valence-electron chi connectivity index (χ1n) is 23.4. The molecule has 6 atom stereocenters. The summed E-state index contributed by atoms with van der Waals surface area (Å²) in [6.45, 7) is 4.82. The minimum Gasteiger partial charge on any atom is -0.462 e. The van der Waals surface area contributed by atoms with Crippen molar-refractivity contribution in [2.75, 3.05) is 0 Å². The molecular weight excluding hydrogens is 809 g/mol. The highest BCUT2D eigenvalue weighted by Gasteiger charge is 2.60. The number of H-pyrrole nitrogens is 2. The molecule has 0 unspecified atom stereocenters. The van der Waals surface area contributed by atoms with E-state index in [1.54, 1.807) is 0 Å².